The molecule has 4 heteroatoms. The van der Waals surface area contributed by atoms with E-state index in [-0.39, 0.29) is 17.9 Å². The number of hydrogen-bond donors (Lipinski definition) is 1. The number of rotatable bonds is 7. The maximum Gasteiger partial charge on any atom is 0.222 e. The average molecular weight is 338 g/mol. The lowest BCUT2D eigenvalue weighted by molar-refractivity contribution is -0.131. The van der Waals surface area contributed by atoms with Gasteiger partial charge in [0.2, 0.25) is 11.8 Å². The molecule has 0 radical (unpaired) electrons. The van der Waals surface area contributed by atoms with Gasteiger partial charge in [0, 0.05) is 26.4 Å². The zero-order valence-corrected chi connectivity index (χ0v) is 15.2. The van der Waals surface area contributed by atoms with Gasteiger partial charge in [-0.05, 0) is 25.0 Å². The highest BCUT2D eigenvalue weighted by molar-refractivity contribution is 5.78. The first kappa shape index (κ1) is 18.7. The second-order valence-corrected chi connectivity index (χ2v) is 6.31. The van der Waals surface area contributed by atoms with E-state index in [0.717, 1.165) is 11.1 Å². The fraction of sp³-hybridized carbons (Fsp3) is 0.333. The van der Waals surface area contributed by atoms with Crippen LogP contribution in [0, 0.1) is 6.92 Å². The highest BCUT2D eigenvalue weighted by Gasteiger charge is 2.19. The second-order valence-electron chi connectivity index (χ2n) is 6.31. The number of benzene rings is 2. The van der Waals surface area contributed by atoms with Crippen molar-refractivity contribution in [3.8, 4) is 0 Å². The number of nitrogens with zero attached hydrogens (tertiary/aromatic N) is 1. The molecular weight excluding hydrogens is 312 g/mol. The van der Waals surface area contributed by atoms with Gasteiger partial charge in [0.05, 0.1) is 6.04 Å². The van der Waals surface area contributed by atoms with Gasteiger partial charge in [-0.1, -0.05) is 60.2 Å². The number of nitrogens with one attached hydrogen (secondary N) is 1. The summed E-state index contributed by atoms with van der Waals surface area (Å²) in [6.45, 7) is 6.48. The Hall–Kier alpha value is -2.62. The fourth-order valence-electron chi connectivity index (χ4n) is 2.87. The Morgan fingerprint density at radius 2 is 1.80 bits per heavy atom. The van der Waals surface area contributed by atoms with Crippen molar-refractivity contribution < 1.29 is 9.59 Å². The van der Waals surface area contributed by atoms with Crippen molar-refractivity contribution in [3.63, 3.8) is 0 Å². The minimum absolute atomic E-state index is 0.0252. The molecule has 25 heavy (non-hydrogen) atoms. The second kappa shape index (κ2) is 9.02. The minimum atomic E-state index is -0.0525. The Bertz CT molecular complexity index is 713. The van der Waals surface area contributed by atoms with Crippen molar-refractivity contribution in [1.29, 1.82) is 0 Å². The lowest BCUT2D eigenvalue weighted by Crippen LogP contribution is -2.35. The molecule has 1 unspecified atom stereocenters. The first-order chi connectivity index (χ1) is 12.0. The zero-order chi connectivity index (χ0) is 18.2. The van der Waals surface area contributed by atoms with Crippen LogP contribution in [-0.2, 0) is 16.1 Å². The standard InChI is InChI=1S/C21H26N2O2/c1-16-8-7-9-19(14-16)15-22-21(25)12-13-23(18(3)24)17(2)20-10-5-4-6-11-20/h4-11,14,17H,12-13,15H2,1-3H3,(H,22,25). The lowest BCUT2D eigenvalue weighted by Gasteiger charge is -2.28. The van der Waals surface area contributed by atoms with Crippen LogP contribution in [0.5, 0.6) is 0 Å². The number of hydrogen-bond acceptors (Lipinski definition) is 2. The van der Waals surface area contributed by atoms with Crippen molar-refractivity contribution in [1.82, 2.24) is 10.2 Å². The molecular formula is C21H26N2O2. The van der Waals surface area contributed by atoms with Crippen molar-refractivity contribution in [2.75, 3.05) is 6.54 Å². The topological polar surface area (TPSA) is 49.4 Å². The van der Waals surface area contributed by atoms with Crippen LogP contribution in [0.4, 0.5) is 0 Å². The van der Waals surface area contributed by atoms with E-state index in [0.29, 0.717) is 19.5 Å². The van der Waals surface area contributed by atoms with Crippen LogP contribution in [0.1, 0.15) is 43.0 Å². The molecule has 0 aromatic heterocycles. The van der Waals surface area contributed by atoms with Crippen LogP contribution in [0.2, 0.25) is 0 Å². The van der Waals surface area contributed by atoms with Crippen molar-refractivity contribution in [2.24, 2.45) is 0 Å². The van der Waals surface area contributed by atoms with E-state index in [1.807, 2.05) is 62.4 Å². The number of carbonyl (C=O) groups is 2. The predicted molar refractivity (Wildman–Crippen MR) is 99.9 cm³/mol. The molecule has 2 rings (SSSR count). The number of aryl methyl sites for hydroxylation is 1. The molecule has 4 nitrogen and oxygen atoms in total. The molecule has 132 valence electrons. The van der Waals surface area contributed by atoms with Crippen LogP contribution in [0.25, 0.3) is 0 Å². The fourth-order valence-corrected chi connectivity index (χ4v) is 2.87. The van der Waals surface area contributed by atoms with Gasteiger partial charge >= 0.3 is 0 Å². The number of carbonyl (C=O) groups excluding carboxylic acids is 2. The predicted octanol–water partition coefficient (Wildman–Crippen LogP) is 3.61. The Morgan fingerprint density at radius 3 is 2.44 bits per heavy atom. The van der Waals surface area contributed by atoms with Crippen LogP contribution in [0.15, 0.2) is 54.6 Å². The van der Waals surface area contributed by atoms with E-state index in [2.05, 4.69) is 11.4 Å². The Morgan fingerprint density at radius 1 is 1.08 bits per heavy atom. The SMILES string of the molecule is CC(=O)N(CCC(=O)NCc1cccc(C)c1)C(C)c1ccccc1. The summed E-state index contributed by atoms with van der Waals surface area (Å²) in [5.41, 5.74) is 3.32. The first-order valence-electron chi connectivity index (χ1n) is 8.62. The van der Waals surface area contributed by atoms with Crippen molar-refractivity contribution in [2.45, 2.75) is 39.8 Å². The summed E-state index contributed by atoms with van der Waals surface area (Å²) in [5, 5.41) is 2.92. The highest BCUT2D eigenvalue weighted by atomic mass is 16.2. The number of amides is 2. The van der Waals surface area contributed by atoms with Crippen LogP contribution < -0.4 is 5.32 Å². The quantitative estimate of drug-likeness (QED) is 0.838. The normalized spacial score (nSPS) is 11.6. The summed E-state index contributed by atoms with van der Waals surface area (Å²) in [6.07, 6.45) is 0.294. The third-order valence-corrected chi connectivity index (χ3v) is 4.31. The molecule has 0 saturated heterocycles. The lowest BCUT2D eigenvalue weighted by atomic mass is 10.1. The molecule has 2 amide bonds. The van der Waals surface area contributed by atoms with Gasteiger partial charge in [0.1, 0.15) is 0 Å². The van der Waals surface area contributed by atoms with Gasteiger partial charge in [-0.25, -0.2) is 0 Å². The molecule has 0 bridgehead atoms. The summed E-state index contributed by atoms with van der Waals surface area (Å²) >= 11 is 0. The van der Waals surface area contributed by atoms with Gasteiger partial charge in [0.25, 0.3) is 0 Å². The van der Waals surface area contributed by atoms with Crippen molar-refractivity contribution >= 4 is 11.8 Å². The third-order valence-electron chi connectivity index (χ3n) is 4.31. The Balaban J connectivity index is 1.88. The van der Waals surface area contributed by atoms with Gasteiger partial charge in [0.15, 0.2) is 0 Å². The molecule has 0 aliphatic rings. The molecule has 0 aliphatic heterocycles. The molecule has 0 heterocycles. The summed E-state index contributed by atoms with van der Waals surface area (Å²) in [7, 11) is 0. The molecule has 1 N–H and O–H groups in total. The van der Waals surface area contributed by atoms with E-state index >= 15 is 0 Å². The first-order valence-corrected chi connectivity index (χ1v) is 8.62. The van der Waals surface area contributed by atoms with E-state index < -0.39 is 0 Å². The van der Waals surface area contributed by atoms with E-state index in [9.17, 15) is 9.59 Å². The summed E-state index contributed by atoms with van der Waals surface area (Å²) in [6, 6.07) is 17.9. The molecule has 2 aromatic carbocycles. The molecule has 0 spiro atoms. The van der Waals surface area contributed by atoms with Crippen molar-refractivity contribution in [3.05, 3.63) is 71.3 Å². The highest BCUT2D eigenvalue weighted by Crippen LogP contribution is 2.20. The monoisotopic (exact) mass is 338 g/mol. The molecule has 0 saturated carbocycles. The smallest absolute Gasteiger partial charge is 0.222 e. The summed E-state index contributed by atoms with van der Waals surface area (Å²) in [4.78, 5) is 25.9. The van der Waals surface area contributed by atoms with Crippen LogP contribution >= 0.6 is 0 Å². The van der Waals surface area contributed by atoms with Crippen LogP contribution in [-0.4, -0.2) is 23.3 Å². The molecule has 0 fully saturated rings. The van der Waals surface area contributed by atoms with Gasteiger partial charge in [-0.2, -0.15) is 0 Å². The molecule has 0 aliphatic carbocycles. The summed E-state index contributed by atoms with van der Waals surface area (Å²) < 4.78 is 0. The third kappa shape index (κ3) is 5.75. The maximum atomic E-state index is 12.1. The van der Waals surface area contributed by atoms with E-state index in [1.54, 1.807) is 11.8 Å². The summed E-state index contributed by atoms with van der Waals surface area (Å²) in [5.74, 6) is -0.0733. The van der Waals surface area contributed by atoms with Gasteiger partial charge < -0.3 is 10.2 Å². The van der Waals surface area contributed by atoms with Crippen LogP contribution in [0.3, 0.4) is 0 Å². The minimum Gasteiger partial charge on any atom is -0.352 e. The maximum absolute atomic E-state index is 12.1. The van der Waals surface area contributed by atoms with E-state index in [4.69, 9.17) is 0 Å². The van der Waals surface area contributed by atoms with Gasteiger partial charge in [-0.15, -0.1) is 0 Å². The average Bonchev–Trinajstić information content (AvgIpc) is 2.60. The Kier molecular flexibility index (Phi) is 6.75. The Labute approximate surface area is 149 Å². The zero-order valence-electron chi connectivity index (χ0n) is 15.2. The largest absolute Gasteiger partial charge is 0.352 e. The van der Waals surface area contributed by atoms with Gasteiger partial charge in [-0.3, -0.25) is 9.59 Å². The van der Waals surface area contributed by atoms with E-state index in [1.165, 1.54) is 5.56 Å². The molecule has 1 atom stereocenters. The molecule has 2 aromatic rings.